The summed E-state index contributed by atoms with van der Waals surface area (Å²) in [4.78, 5) is 21.3. The lowest BCUT2D eigenvalue weighted by Gasteiger charge is -2.27. The number of unbranched alkanes of at least 4 members (excludes halogenated alkanes) is 2. The summed E-state index contributed by atoms with van der Waals surface area (Å²) in [6, 6.07) is 0.188. The Morgan fingerprint density at radius 1 is 1.19 bits per heavy atom. The number of carbonyl (C=O) groups is 1. The van der Waals surface area contributed by atoms with Crippen molar-refractivity contribution in [2.45, 2.75) is 70.4 Å². The van der Waals surface area contributed by atoms with Crippen LogP contribution in [0.5, 0.6) is 0 Å². The van der Waals surface area contributed by atoms with Crippen molar-refractivity contribution in [2.75, 3.05) is 30.3 Å². The van der Waals surface area contributed by atoms with E-state index in [0.717, 1.165) is 51.5 Å². The molecule has 1 aromatic rings. The first-order valence-electron chi connectivity index (χ1n) is 10.1. The molecule has 27 heavy (non-hydrogen) atoms. The molecule has 1 aliphatic rings. The summed E-state index contributed by atoms with van der Waals surface area (Å²) < 4.78 is 0. The van der Waals surface area contributed by atoms with Crippen LogP contribution < -0.4 is 16.0 Å². The van der Waals surface area contributed by atoms with E-state index in [1.54, 1.807) is 6.20 Å². The summed E-state index contributed by atoms with van der Waals surface area (Å²) in [5, 5.41) is 28.0. The molecule has 1 fully saturated rings. The van der Waals surface area contributed by atoms with Crippen molar-refractivity contribution in [1.82, 2.24) is 15.3 Å². The highest BCUT2D eigenvalue weighted by atomic mass is 16.3. The van der Waals surface area contributed by atoms with Crippen LogP contribution in [0.25, 0.3) is 0 Å². The van der Waals surface area contributed by atoms with Gasteiger partial charge in [-0.3, -0.25) is 4.79 Å². The van der Waals surface area contributed by atoms with Crippen LogP contribution >= 0.6 is 0 Å². The average Bonchev–Trinajstić information content (AvgIpc) is 2.67. The fourth-order valence-corrected chi connectivity index (χ4v) is 3.07. The highest BCUT2D eigenvalue weighted by molar-refractivity contribution is 5.98. The molecular weight excluding hydrogens is 346 g/mol. The second-order valence-corrected chi connectivity index (χ2v) is 7.07. The first-order chi connectivity index (χ1) is 13.1. The number of nitrogens with one attached hydrogen (secondary N) is 3. The van der Waals surface area contributed by atoms with Crippen molar-refractivity contribution in [3.8, 4) is 0 Å². The number of aliphatic hydroxyl groups excluding tert-OH is 2. The van der Waals surface area contributed by atoms with Crippen LogP contribution in [0.4, 0.5) is 11.8 Å². The maximum Gasteiger partial charge on any atom is 0.256 e. The van der Waals surface area contributed by atoms with Crippen molar-refractivity contribution in [3.63, 3.8) is 0 Å². The van der Waals surface area contributed by atoms with Crippen molar-refractivity contribution >= 4 is 17.7 Å². The molecule has 0 atom stereocenters. The molecular formula is C19H33N5O3. The molecule has 8 nitrogen and oxygen atoms in total. The molecule has 0 bridgehead atoms. The maximum atomic E-state index is 12.5. The van der Waals surface area contributed by atoms with Gasteiger partial charge < -0.3 is 26.2 Å². The predicted octanol–water partition coefficient (Wildman–Crippen LogP) is 1.91. The lowest BCUT2D eigenvalue weighted by Crippen LogP contribution is -2.31. The van der Waals surface area contributed by atoms with Crippen molar-refractivity contribution in [2.24, 2.45) is 0 Å². The Morgan fingerprint density at radius 2 is 1.96 bits per heavy atom. The topological polar surface area (TPSA) is 119 Å². The van der Waals surface area contributed by atoms with Crippen LogP contribution in [0.15, 0.2) is 6.20 Å². The molecule has 1 heterocycles. The van der Waals surface area contributed by atoms with E-state index >= 15 is 0 Å². The first kappa shape index (κ1) is 21.4. The monoisotopic (exact) mass is 379 g/mol. The van der Waals surface area contributed by atoms with E-state index in [2.05, 4.69) is 32.8 Å². The van der Waals surface area contributed by atoms with Gasteiger partial charge in [-0.25, -0.2) is 4.98 Å². The minimum atomic E-state index is -0.228. The molecule has 0 unspecified atom stereocenters. The molecule has 1 aliphatic carbocycles. The van der Waals surface area contributed by atoms with Gasteiger partial charge in [-0.2, -0.15) is 4.98 Å². The molecule has 1 saturated carbocycles. The number of hydrogen-bond acceptors (Lipinski definition) is 7. The number of rotatable bonds is 11. The Morgan fingerprint density at radius 3 is 2.67 bits per heavy atom. The van der Waals surface area contributed by atoms with E-state index < -0.39 is 0 Å². The smallest absolute Gasteiger partial charge is 0.256 e. The number of nitrogens with zero attached hydrogens (tertiary/aromatic N) is 2. The molecule has 0 aromatic carbocycles. The molecule has 152 valence electrons. The van der Waals surface area contributed by atoms with Crippen LogP contribution in [0.3, 0.4) is 0 Å². The van der Waals surface area contributed by atoms with Gasteiger partial charge in [-0.15, -0.1) is 0 Å². The van der Waals surface area contributed by atoms with Gasteiger partial charge in [0.15, 0.2) is 0 Å². The Labute approximate surface area is 161 Å². The molecule has 5 N–H and O–H groups in total. The maximum absolute atomic E-state index is 12.5. The van der Waals surface area contributed by atoms with Gasteiger partial charge in [0, 0.05) is 31.9 Å². The molecule has 0 saturated heterocycles. The number of hydrogen-bond donors (Lipinski definition) is 5. The number of aromatic nitrogens is 2. The van der Waals surface area contributed by atoms with Crippen LogP contribution in [0, 0.1) is 0 Å². The number of aliphatic hydroxyl groups is 2. The zero-order chi connectivity index (χ0) is 19.5. The van der Waals surface area contributed by atoms with Gasteiger partial charge >= 0.3 is 0 Å². The van der Waals surface area contributed by atoms with Gasteiger partial charge in [-0.1, -0.05) is 13.3 Å². The number of anilines is 2. The summed E-state index contributed by atoms with van der Waals surface area (Å²) >= 11 is 0. The highest BCUT2D eigenvalue weighted by Gasteiger charge is 2.22. The van der Waals surface area contributed by atoms with Gasteiger partial charge in [0.05, 0.1) is 6.10 Å². The summed E-state index contributed by atoms with van der Waals surface area (Å²) in [5.41, 5.74) is 0.422. The van der Waals surface area contributed by atoms with Crippen LogP contribution in [0.1, 0.15) is 68.6 Å². The third kappa shape index (κ3) is 7.30. The predicted molar refractivity (Wildman–Crippen MR) is 106 cm³/mol. The van der Waals surface area contributed by atoms with E-state index in [1.807, 2.05) is 0 Å². The first-order valence-corrected chi connectivity index (χ1v) is 10.1. The molecule has 0 radical (unpaired) electrons. The minimum Gasteiger partial charge on any atom is -0.396 e. The third-order valence-electron chi connectivity index (χ3n) is 4.75. The standard InChI is InChI=1S/C19H33N5O3/c1-2-3-10-21-19-22-13-16(18(27)20-11-4-5-12-25)17(24-19)23-14-6-8-15(26)9-7-14/h13-15,25-26H,2-12H2,1H3,(H,20,27)(H2,21,22,23,24)/t14-,15-. The lowest BCUT2D eigenvalue weighted by atomic mass is 9.93. The molecule has 1 amide bonds. The summed E-state index contributed by atoms with van der Waals surface area (Å²) in [7, 11) is 0. The second kappa shape index (κ2) is 11.7. The Bertz CT molecular complexity index is 576. The lowest BCUT2D eigenvalue weighted by molar-refractivity contribution is 0.0951. The molecule has 0 aliphatic heterocycles. The average molecular weight is 380 g/mol. The van der Waals surface area contributed by atoms with Crippen LogP contribution in [-0.4, -0.2) is 57.9 Å². The quantitative estimate of drug-likeness (QED) is 0.373. The number of carbonyl (C=O) groups excluding carboxylic acids is 1. The van der Waals surface area contributed by atoms with Crippen LogP contribution in [-0.2, 0) is 0 Å². The summed E-state index contributed by atoms with van der Waals surface area (Å²) in [5.74, 6) is 0.829. The third-order valence-corrected chi connectivity index (χ3v) is 4.75. The normalized spacial score (nSPS) is 19.5. The molecule has 0 spiro atoms. The van der Waals surface area contributed by atoms with E-state index in [1.165, 1.54) is 0 Å². The fraction of sp³-hybridized carbons (Fsp3) is 0.737. The Kier molecular flexibility index (Phi) is 9.27. The zero-order valence-corrected chi connectivity index (χ0v) is 16.2. The zero-order valence-electron chi connectivity index (χ0n) is 16.2. The van der Waals surface area contributed by atoms with Gasteiger partial charge in [0.25, 0.3) is 5.91 Å². The number of amides is 1. The summed E-state index contributed by atoms with van der Waals surface area (Å²) in [6.45, 7) is 3.54. The molecule has 1 aromatic heterocycles. The van der Waals surface area contributed by atoms with Gasteiger partial charge in [-0.05, 0) is 44.9 Å². The second-order valence-electron chi connectivity index (χ2n) is 7.07. The SMILES string of the molecule is CCCCNc1ncc(C(=O)NCCCCO)c(N[C@H]2CC[C@H](O)CC2)n1. The molecule has 8 heteroatoms. The van der Waals surface area contributed by atoms with E-state index in [4.69, 9.17) is 5.11 Å². The fourth-order valence-electron chi connectivity index (χ4n) is 3.07. The van der Waals surface area contributed by atoms with E-state index in [0.29, 0.717) is 30.3 Å². The Hall–Kier alpha value is -1.93. The van der Waals surface area contributed by atoms with Crippen LogP contribution in [0.2, 0.25) is 0 Å². The van der Waals surface area contributed by atoms with Crippen molar-refractivity contribution in [1.29, 1.82) is 0 Å². The van der Waals surface area contributed by atoms with E-state index in [9.17, 15) is 9.90 Å². The summed E-state index contributed by atoms with van der Waals surface area (Å²) in [6.07, 6.45) is 8.03. The Balaban J connectivity index is 2.06. The minimum absolute atomic E-state index is 0.122. The van der Waals surface area contributed by atoms with E-state index in [-0.39, 0.29) is 24.7 Å². The van der Waals surface area contributed by atoms with Gasteiger partial charge in [0.1, 0.15) is 11.4 Å². The largest absolute Gasteiger partial charge is 0.396 e. The van der Waals surface area contributed by atoms with Crippen molar-refractivity contribution in [3.05, 3.63) is 11.8 Å². The van der Waals surface area contributed by atoms with Gasteiger partial charge in [0.2, 0.25) is 5.95 Å². The highest BCUT2D eigenvalue weighted by Crippen LogP contribution is 2.23. The molecule has 2 rings (SSSR count). The van der Waals surface area contributed by atoms with Crippen molar-refractivity contribution < 1.29 is 15.0 Å².